The Morgan fingerprint density at radius 1 is 1.29 bits per heavy atom. The van der Waals surface area contributed by atoms with Crippen molar-refractivity contribution in [1.29, 1.82) is 0 Å². The zero-order chi connectivity index (χ0) is 12.3. The minimum atomic E-state index is -0.127. The van der Waals surface area contributed by atoms with E-state index in [0.717, 1.165) is 43.4 Å². The molecule has 2 nitrogen and oxygen atoms in total. The fraction of sp³-hybridized carbons (Fsp3) is 0.571. The highest BCUT2D eigenvalue weighted by Gasteiger charge is 2.17. The van der Waals surface area contributed by atoms with Gasteiger partial charge in [-0.15, -0.1) is 0 Å². The van der Waals surface area contributed by atoms with Crippen LogP contribution in [-0.4, -0.2) is 12.1 Å². The molecule has 1 aliphatic rings. The Morgan fingerprint density at radius 2 is 2.00 bits per heavy atom. The lowest BCUT2D eigenvalue weighted by atomic mass is 9.92. The number of hydrogen-bond acceptors (Lipinski definition) is 2. The summed E-state index contributed by atoms with van der Waals surface area (Å²) in [4.78, 5) is 0. The van der Waals surface area contributed by atoms with Gasteiger partial charge in [-0.2, -0.15) is 0 Å². The van der Waals surface area contributed by atoms with E-state index >= 15 is 0 Å². The molecule has 1 aromatic carbocycles. The lowest BCUT2D eigenvalue weighted by Crippen LogP contribution is -2.37. The molecule has 2 rings (SSSR count). The van der Waals surface area contributed by atoms with Crippen LogP contribution in [0.4, 0.5) is 4.39 Å². The van der Waals surface area contributed by atoms with E-state index in [1.807, 2.05) is 12.1 Å². The Hall–Kier alpha value is -0.930. The van der Waals surface area contributed by atoms with E-state index in [1.165, 1.54) is 0 Å². The summed E-state index contributed by atoms with van der Waals surface area (Å²) < 4.78 is 13.1. The molecule has 0 radical (unpaired) electrons. The highest BCUT2D eigenvalue weighted by Crippen LogP contribution is 2.17. The van der Waals surface area contributed by atoms with Crippen molar-refractivity contribution in [2.24, 2.45) is 5.73 Å². The Labute approximate surface area is 102 Å². The Morgan fingerprint density at radius 3 is 2.65 bits per heavy atom. The van der Waals surface area contributed by atoms with Gasteiger partial charge in [-0.05, 0) is 49.8 Å². The van der Waals surface area contributed by atoms with Crippen LogP contribution in [0.15, 0.2) is 18.2 Å². The molecule has 0 aliphatic heterocycles. The van der Waals surface area contributed by atoms with E-state index in [9.17, 15) is 4.39 Å². The van der Waals surface area contributed by atoms with Gasteiger partial charge in [0.1, 0.15) is 5.82 Å². The number of nitrogens with two attached hydrogens (primary N) is 1. The molecule has 3 N–H and O–H groups in total. The quantitative estimate of drug-likeness (QED) is 0.846. The van der Waals surface area contributed by atoms with Crippen LogP contribution in [0.25, 0.3) is 0 Å². The molecule has 0 bridgehead atoms. The molecule has 1 fully saturated rings. The van der Waals surface area contributed by atoms with Crippen LogP contribution < -0.4 is 11.1 Å². The van der Waals surface area contributed by atoms with Gasteiger partial charge in [-0.3, -0.25) is 0 Å². The zero-order valence-corrected chi connectivity index (χ0v) is 10.4. The predicted molar refractivity (Wildman–Crippen MR) is 68.2 cm³/mol. The SMILES string of the molecule is Cc1cc(CNC2CCC(N)CC2)ccc1F. The van der Waals surface area contributed by atoms with Crippen LogP contribution in [-0.2, 0) is 6.54 Å². The summed E-state index contributed by atoms with van der Waals surface area (Å²) in [7, 11) is 0. The minimum Gasteiger partial charge on any atom is -0.328 e. The smallest absolute Gasteiger partial charge is 0.126 e. The summed E-state index contributed by atoms with van der Waals surface area (Å²) in [5, 5.41) is 3.53. The van der Waals surface area contributed by atoms with Gasteiger partial charge in [-0.1, -0.05) is 12.1 Å². The van der Waals surface area contributed by atoms with Gasteiger partial charge in [0.25, 0.3) is 0 Å². The Bertz CT molecular complexity index is 370. The molecule has 1 aromatic rings. The van der Waals surface area contributed by atoms with Crippen molar-refractivity contribution in [2.75, 3.05) is 0 Å². The van der Waals surface area contributed by atoms with Crippen LogP contribution in [0.1, 0.15) is 36.8 Å². The van der Waals surface area contributed by atoms with E-state index in [1.54, 1.807) is 13.0 Å². The van der Waals surface area contributed by atoms with Crippen LogP contribution in [0.5, 0.6) is 0 Å². The second-order valence-electron chi connectivity index (χ2n) is 5.08. The minimum absolute atomic E-state index is 0.127. The fourth-order valence-corrected chi connectivity index (χ4v) is 2.40. The normalized spacial score (nSPS) is 24.9. The monoisotopic (exact) mass is 236 g/mol. The molecule has 17 heavy (non-hydrogen) atoms. The first kappa shape index (κ1) is 12.5. The largest absolute Gasteiger partial charge is 0.328 e. The lowest BCUT2D eigenvalue weighted by Gasteiger charge is -2.27. The maximum absolute atomic E-state index is 13.1. The summed E-state index contributed by atoms with van der Waals surface area (Å²) >= 11 is 0. The van der Waals surface area contributed by atoms with Crippen molar-refractivity contribution in [3.8, 4) is 0 Å². The number of benzene rings is 1. The molecule has 1 saturated carbocycles. The molecule has 0 atom stereocenters. The molecule has 1 aliphatic carbocycles. The van der Waals surface area contributed by atoms with E-state index in [4.69, 9.17) is 5.73 Å². The van der Waals surface area contributed by atoms with Crippen molar-refractivity contribution in [2.45, 2.75) is 51.2 Å². The predicted octanol–water partition coefficient (Wildman–Crippen LogP) is 2.49. The van der Waals surface area contributed by atoms with Gasteiger partial charge < -0.3 is 11.1 Å². The summed E-state index contributed by atoms with van der Waals surface area (Å²) in [5.74, 6) is -0.127. The average molecular weight is 236 g/mol. The van der Waals surface area contributed by atoms with Gasteiger partial charge >= 0.3 is 0 Å². The van der Waals surface area contributed by atoms with Crippen LogP contribution >= 0.6 is 0 Å². The summed E-state index contributed by atoms with van der Waals surface area (Å²) in [6.07, 6.45) is 4.53. The van der Waals surface area contributed by atoms with Gasteiger partial charge in [0.05, 0.1) is 0 Å². The molecule has 0 amide bonds. The lowest BCUT2D eigenvalue weighted by molar-refractivity contribution is 0.342. The third kappa shape index (κ3) is 3.51. The summed E-state index contributed by atoms with van der Waals surface area (Å²) in [6, 6.07) is 6.27. The second-order valence-corrected chi connectivity index (χ2v) is 5.08. The zero-order valence-electron chi connectivity index (χ0n) is 10.4. The standard InChI is InChI=1S/C14H21FN2/c1-10-8-11(2-7-14(10)15)9-17-13-5-3-12(16)4-6-13/h2,7-8,12-13,17H,3-6,9,16H2,1H3. The first-order valence-corrected chi connectivity index (χ1v) is 6.39. The van der Waals surface area contributed by atoms with E-state index in [-0.39, 0.29) is 5.82 Å². The highest BCUT2D eigenvalue weighted by atomic mass is 19.1. The maximum Gasteiger partial charge on any atom is 0.126 e. The number of aryl methyl sites for hydroxylation is 1. The number of rotatable bonds is 3. The molecule has 3 heteroatoms. The molecule has 0 aromatic heterocycles. The van der Waals surface area contributed by atoms with Crippen LogP contribution in [0, 0.1) is 12.7 Å². The summed E-state index contributed by atoms with van der Waals surface area (Å²) in [6.45, 7) is 2.62. The Balaban J connectivity index is 1.83. The highest BCUT2D eigenvalue weighted by molar-refractivity contribution is 5.23. The molecule has 0 unspecified atom stereocenters. The topological polar surface area (TPSA) is 38.0 Å². The third-order valence-corrected chi connectivity index (χ3v) is 3.59. The van der Waals surface area contributed by atoms with Crippen molar-refractivity contribution >= 4 is 0 Å². The molecule has 0 heterocycles. The summed E-state index contributed by atoms with van der Waals surface area (Å²) in [5.41, 5.74) is 7.74. The van der Waals surface area contributed by atoms with E-state index < -0.39 is 0 Å². The van der Waals surface area contributed by atoms with E-state index in [2.05, 4.69) is 5.32 Å². The van der Waals surface area contributed by atoms with E-state index in [0.29, 0.717) is 12.1 Å². The van der Waals surface area contributed by atoms with Crippen molar-refractivity contribution in [3.63, 3.8) is 0 Å². The molecule has 94 valence electrons. The Kier molecular flexibility index (Phi) is 4.13. The first-order chi connectivity index (χ1) is 8.15. The van der Waals surface area contributed by atoms with Crippen LogP contribution in [0.3, 0.4) is 0 Å². The van der Waals surface area contributed by atoms with Crippen LogP contribution in [0.2, 0.25) is 0 Å². The van der Waals surface area contributed by atoms with Gasteiger partial charge in [0.15, 0.2) is 0 Å². The molecule has 0 spiro atoms. The van der Waals surface area contributed by atoms with Gasteiger partial charge in [0.2, 0.25) is 0 Å². The van der Waals surface area contributed by atoms with Crippen molar-refractivity contribution in [3.05, 3.63) is 35.1 Å². The van der Waals surface area contributed by atoms with Crippen molar-refractivity contribution < 1.29 is 4.39 Å². The molecular formula is C14H21FN2. The maximum atomic E-state index is 13.1. The van der Waals surface area contributed by atoms with Gasteiger partial charge in [0, 0.05) is 18.6 Å². The fourth-order valence-electron chi connectivity index (χ4n) is 2.40. The number of nitrogens with one attached hydrogen (secondary N) is 1. The molecule has 0 saturated heterocycles. The van der Waals surface area contributed by atoms with Gasteiger partial charge in [-0.25, -0.2) is 4.39 Å². The number of halogens is 1. The average Bonchev–Trinajstić information content (AvgIpc) is 2.33. The third-order valence-electron chi connectivity index (χ3n) is 3.59. The molecular weight excluding hydrogens is 215 g/mol. The number of hydrogen-bond donors (Lipinski definition) is 2. The second kappa shape index (κ2) is 5.61. The first-order valence-electron chi connectivity index (χ1n) is 6.39. The van der Waals surface area contributed by atoms with Crippen molar-refractivity contribution in [1.82, 2.24) is 5.32 Å².